The average Bonchev–Trinajstić information content (AvgIpc) is 2.97. The van der Waals surface area contributed by atoms with Gasteiger partial charge < -0.3 is 25.0 Å². The lowest BCUT2D eigenvalue weighted by Crippen LogP contribution is -2.42. The van der Waals surface area contributed by atoms with Crippen LogP contribution in [0.4, 0.5) is 4.79 Å². The molecule has 0 unspecified atom stereocenters. The average molecular weight is 319 g/mol. The van der Waals surface area contributed by atoms with Gasteiger partial charge in [0, 0.05) is 25.1 Å². The van der Waals surface area contributed by atoms with Gasteiger partial charge in [0.25, 0.3) is 0 Å². The molecule has 1 aliphatic rings. The SMILES string of the molecule is O=C(NCCC1(O)CCOCC1)NCc1noc2ccccc12. The van der Waals surface area contributed by atoms with Gasteiger partial charge in [-0.15, -0.1) is 0 Å². The van der Waals surface area contributed by atoms with E-state index in [0.717, 1.165) is 5.39 Å². The van der Waals surface area contributed by atoms with Gasteiger partial charge >= 0.3 is 6.03 Å². The number of ether oxygens (including phenoxy) is 1. The van der Waals surface area contributed by atoms with Crippen molar-refractivity contribution in [3.8, 4) is 0 Å². The number of aliphatic hydroxyl groups is 1. The number of hydrogen-bond acceptors (Lipinski definition) is 5. The van der Waals surface area contributed by atoms with Gasteiger partial charge in [-0.1, -0.05) is 17.3 Å². The van der Waals surface area contributed by atoms with Crippen molar-refractivity contribution in [2.75, 3.05) is 19.8 Å². The lowest BCUT2D eigenvalue weighted by molar-refractivity contribution is -0.0669. The molecule has 0 aliphatic carbocycles. The fourth-order valence-electron chi connectivity index (χ4n) is 2.70. The van der Waals surface area contributed by atoms with Gasteiger partial charge in [-0.25, -0.2) is 4.79 Å². The Morgan fingerprint density at radius 3 is 2.87 bits per heavy atom. The molecule has 1 aliphatic heterocycles. The van der Waals surface area contributed by atoms with Crippen LogP contribution in [0.5, 0.6) is 0 Å². The molecular formula is C16H21N3O4. The number of para-hydroxylation sites is 1. The first-order valence-corrected chi connectivity index (χ1v) is 7.81. The highest BCUT2D eigenvalue weighted by Crippen LogP contribution is 2.23. The Bertz CT molecular complexity index is 664. The van der Waals surface area contributed by atoms with Gasteiger partial charge in [-0.05, 0) is 31.4 Å². The third-order valence-electron chi connectivity index (χ3n) is 4.17. The van der Waals surface area contributed by atoms with E-state index < -0.39 is 5.60 Å². The third-order valence-corrected chi connectivity index (χ3v) is 4.17. The second kappa shape index (κ2) is 6.97. The summed E-state index contributed by atoms with van der Waals surface area (Å²) in [6.07, 6.45) is 1.75. The van der Waals surface area contributed by atoms with E-state index in [2.05, 4.69) is 15.8 Å². The van der Waals surface area contributed by atoms with Crippen LogP contribution < -0.4 is 10.6 Å². The Labute approximate surface area is 134 Å². The fourth-order valence-corrected chi connectivity index (χ4v) is 2.70. The minimum absolute atomic E-state index is 0.284. The maximum Gasteiger partial charge on any atom is 0.315 e. The highest BCUT2D eigenvalue weighted by molar-refractivity contribution is 5.80. The molecule has 3 N–H and O–H groups in total. The summed E-state index contributed by atoms with van der Waals surface area (Å²) >= 11 is 0. The first kappa shape index (κ1) is 15.8. The van der Waals surface area contributed by atoms with Crippen molar-refractivity contribution in [2.45, 2.75) is 31.4 Å². The van der Waals surface area contributed by atoms with Gasteiger partial charge in [0.05, 0.1) is 12.1 Å². The number of nitrogens with one attached hydrogen (secondary N) is 2. The minimum atomic E-state index is -0.728. The summed E-state index contributed by atoms with van der Waals surface area (Å²) in [6.45, 7) is 1.85. The van der Waals surface area contributed by atoms with Crippen LogP contribution >= 0.6 is 0 Å². The highest BCUT2D eigenvalue weighted by Gasteiger charge is 2.29. The summed E-state index contributed by atoms with van der Waals surface area (Å²) in [5.74, 6) is 0. The number of rotatable bonds is 5. The number of carbonyl (C=O) groups is 1. The zero-order chi connectivity index (χ0) is 16.1. The van der Waals surface area contributed by atoms with Crippen LogP contribution in [0.15, 0.2) is 28.8 Å². The number of carbonyl (C=O) groups excluding carboxylic acids is 1. The fraction of sp³-hybridized carbons (Fsp3) is 0.500. The summed E-state index contributed by atoms with van der Waals surface area (Å²) < 4.78 is 10.4. The van der Waals surface area contributed by atoms with Crippen molar-refractivity contribution >= 4 is 17.0 Å². The molecule has 1 fully saturated rings. The van der Waals surface area contributed by atoms with Crippen LogP contribution in [0.1, 0.15) is 25.0 Å². The van der Waals surface area contributed by atoms with Crippen molar-refractivity contribution in [1.29, 1.82) is 0 Å². The first-order valence-electron chi connectivity index (χ1n) is 7.81. The number of aromatic nitrogens is 1. The van der Waals surface area contributed by atoms with E-state index in [9.17, 15) is 9.90 Å². The predicted molar refractivity (Wildman–Crippen MR) is 83.9 cm³/mol. The molecule has 124 valence electrons. The molecule has 2 amide bonds. The largest absolute Gasteiger partial charge is 0.390 e. The summed E-state index contributed by atoms with van der Waals surface area (Å²) in [4.78, 5) is 11.8. The molecule has 2 heterocycles. The summed E-state index contributed by atoms with van der Waals surface area (Å²) in [5.41, 5.74) is 0.665. The van der Waals surface area contributed by atoms with Crippen LogP contribution in [-0.4, -0.2) is 41.7 Å². The highest BCUT2D eigenvalue weighted by atomic mass is 16.5. The van der Waals surface area contributed by atoms with Gasteiger partial charge in [-0.3, -0.25) is 0 Å². The lowest BCUT2D eigenvalue weighted by Gasteiger charge is -2.32. The second-order valence-electron chi connectivity index (χ2n) is 5.82. The van der Waals surface area contributed by atoms with Gasteiger partial charge in [0.15, 0.2) is 5.58 Å². The number of urea groups is 1. The van der Waals surface area contributed by atoms with E-state index in [1.54, 1.807) is 0 Å². The van der Waals surface area contributed by atoms with Gasteiger partial charge in [0.2, 0.25) is 0 Å². The maximum atomic E-state index is 11.8. The quantitative estimate of drug-likeness (QED) is 0.777. The summed E-state index contributed by atoms with van der Waals surface area (Å²) in [5, 5.41) is 20.7. The van der Waals surface area contributed by atoms with Crippen LogP contribution in [0.3, 0.4) is 0 Å². The van der Waals surface area contributed by atoms with Crippen molar-refractivity contribution in [3.63, 3.8) is 0 Å². The Kier molecular flexibility index (Phi) is 4.78. The van der Waals surface area contributed by atoms with Crippen LogP contribution in [-0.2, 0) is 11.3 Å². The third kappa shape index (κ3) is 4.00. The molecule has 7 nitrogen and oxygen atoms in total. The van der Waals surface area contributed by atoms with E-state index >= 15 is 0 Å². The normalized spacial score (nSPS) is 17.1. The monoisotopic (exact) mass is 319 g/mol. The summed E-state index contributed by atoms with van der Waals surface area (Å²) in [6, 6.07) is 7.23. The zero-order valence-corrected chi connectivity index (χ0v) is 12.9. The van der Waals surface area contributed by atoms with E-state index in [1.165, 1.54) is 0 Å². The minimum Gasteiger partial charge on any atom is -0.390 e. The van der Waals surface area contributed by atoms with Crippen molar-refractivity contribution in [3.05, 3.63) is 30.0 Å². The second-order valence-corrected chi connectivity index (χ2v) is 5.82. The van der Waals surface area contributed by atoms with Crippen LogP contribution in [0.25, 0.3) is 11.0 Å². The first-order chi connectivity index (χ1) is 11.2. The van der Waals surface area contributed by atoms with Crippen LogP contribution in [0, 0.1) is 0 Å². The van der Waals surface area contributed by atoms with E-state index in [0.29, 0.717) is 56.8 Å². The number of fused-ring (bicyclic) bond motifs is 1. The zero-order valence-electron chi connectivity index (χ0n) is 12.9. The molecule has 23 heavy (non-hydrogen) atoms. The van der Waals surface area contributed by atoms with Gasteiger partial charge in [-0.2, -0.15) is 0 Å². The lowest BCUT2D eigenvalue weighted by atomic mass is 9.91. The molecule has 1 aromatic heterocycles. The molecule has 2 aromatic rings. The number of amides is 2. The number of nitrogens with zero attached hydrogens (tertiary/aromatic N) is 1. The number of benzene rings is 1. The molecule has 0 saturated carbocycles. The molecular weight excluding hydrogens is 298 g/mol. The van der Waals surface area contributed by atoms with Gasteiger partial charge in [0.1, 0.15) is 5.69 Å². The Balaban J connectivity index is 1.43. The number of hydrogen-bond donors (Lipinski definition) is 3. The molecule has 1 aromatic carbocycles. The standard InChI is InChI=1S/C16H21N3O4/c20-15(17-8-5-16(21)6-9-22-10-7-16)18-11-13-12-3-1-2-4-14(12)23-19-13/h1-4,21H,5-11H2,(H2,17,18,20). The Morgan fingerprint density at radius 1 is 1.26 bits per heavy atom. The topological polar surface area (TPSA) is 96.6 Å². The van der Waals surface area contributed by atoms with Crippen LogP contribution in [0.2, 0.25) is 0 Å². The van der Waals surface area contributed by atoms with E-state index in [-0.39, 0.29) is 6.03 Å². The Hall–Kier alpha value is -2.12. The molecule has 3 rings (SSSR count). The van der Waals surface area contributed by atoms with E-state index in [1.807, 2.05) is 24.3 Å². The van der Waals surface area contributed by atoms with Crippen molar-refractivity contribution in [2.24, 2.45) is 0 Å². The molecule has 0 bridgehead atoms. The molecule has 7 heteroatoms. The molecule has 1 saturated heterocycles. The molecule has 0 radical (unpaired) electrons. The van der Waals surface area contributed by atoms with Crippen molar-refractivity contribution in [1.82, 2.24) is 15.8 Å². The predicted octanol–water partition coefficient (Wildman–Crippen LogP) is 1.56. The van der Waals surface area contributed by atoms with E-state index in [4.69, 9.17) is 9.26 Å². The van der Waals surface area contributed by atoms with Crippen molar-refractivity contribution < 1.29 is 19.2 Å². The smallest absolute Gasteiger partial charge is 0.315 e. The Morgan fingerprint density at radius 2 is 2.04 bits per heavy atom. The maximum absolute atomic E-state index is 11.8. The summed E-state index contributed by atoms with van der Waals surface area (Å²) in [7, 11) is 0. The molecule has 0 atom stereocenters. The molecule has 0 spiro atoms.